The van der Waals surface area contributed by atoms with Gasteiger partial charge in [0.1, 0.15) is 17.6 Å². The molecule has 2 rings (SSSR count). The molecule has 7 heteroatoms. The largest absolute Gasteiger partial charge is 0.497 e. The Hall–Kier alpha value is -2.54. The number of thioether (sulfide) groups is 1. The van der Waals surface area contributed by atoms with Crippen molar-refractivity contribution in [3.05, 3.63) is 65.5 Å². The molecule has 2 aromatic carbocycles. The summed E-state index contributed by atoms with van der Waals surface area (Å²) in [4.78, 5) is 27.7. The molecule has 0 bridgehead atoms. The van der Waals surface area contributed by atoms with Gasteiger partial charge >= 0.3 is 0 Å². The summed E-state index contributed by atoms with van der Waals surface area (Å²) in [5.41, 5.74) is 1.48. The van der Waals surface area contributed by atoms with Gasteiger partial charge in [-0.15, -0.1) is 11.8 Å². The fourth-order valence-corrected chi connectivity index (χ4v) is 4.20. The maximum atomic E-state index is 13.9. The van der Waals surface area contributed by atoms with Crippen molar-refractivity contribution in [3.63, 3.8) is 0 Å². The summed E-state index contributed by atoms with van der Waals surface area (Å²) in [5.74, 6) is 0.750. The molecule has 0 spiro atoms. The van der Waals surface area contributed by atoms with Crippen molar-refractivity contribution in [1.29, 1.82) is 0 Å². The Balaban J connectivity index is 2.12. The van der Waals surface area contributed by atoms with Crippen LogP contribution in [0.4, 0.5) is 4.39 Å². The van der Waals surface area contributed by atoms with Gasteiger partial charge in [0.15, 0.2) is 0 Å². The van der Waals surface area contributed by atoms with Gasteiger partial charge in [-0.1, -0.05) is 50.6 Å². The summed E-state index contributed by atoms with van der Waals surface area (Å²) in [7, 11) is 1.60. The van der Waals surface area contributed by atoms with E-state index in [1.54, 1.807) is 30.2 Å². The number of carbonyl (C=O) groups excluding carboxylic acids is 2. The first-order valence-corrected chi connectivity index (χ1v) is 12.2. The summed E-state index contributed by atoms with van der Waals surface area (Å²) in [6.07, 6.45) is 2.39. The standard InChI is InChI=1S/C25H33FN2O3S/c1-4-6-15-27-25(30)23(5-2)28(16-19-11-13-21(31-3)14-12-19)24(29)18-32-17-20-9-7-8-10-22(20)26/h7-14,23H,4-6,15-18H2,1-3H3,(H,27,30)/t23-/m0/s1. The van der Waals surface area contributed by atoms with Crippen LogP contribution in [0.1, 0.15) is 44.2 Å². The van der Waals surface area contributed by atoms with Gasteiger partial charge in [-0.25, -0.2) is 4.39 Å². The second-order valence-electron chi connectivity index (χ2n) is 7.52. The molecule has 32 heavy (non-hydrogen) atoms. The molecule has 0 heterocycles. The molecular formula is C25H33FN2O3S. The topological polar surface area (TPSA) is 58.6 Å². The van der Waals surface area contributed by atoms with Gasteiger partial charge in [0.2, 0.25) is 11.8 Å². The third-order valence-electron chi connectivity index (χ3n) is 5.17. The quantitative estimate of drug-likeness (QED) is 0.437. The molecule has 0 radical (unpaired) electrons. The zero-order chi connectivity index (χ0) is 23.3. The van der Waals surface area contributed by atoms with Gasteiger partial charge in [0.05, 0.1) is 12.9 Å². The number of nitrogens with one attached hydrogen (secondary N) is 1. The monoisotopic (exact) mass is 460 g/mol. The van der Waals surface area contributed by atoms with Crippen molar-refractivity contribution in [2.45, 2.75) is 51.4 Å². The third-order valence-corrected chi connectivity index (χ3v) is 6.13. The second-order valence-corrected chi connectivity index (χ2v) is 8.51. The highest BCUT2D eigenvalue weighted by Gasteiger charge is 2.28. The van der Waals surface area contributed by atoms with Crippen molar-refractivity contribution >= 4 is 23.6 Å². The zero-order valence-electron chi connectivity index (χ0n) is 19.1. The van der Waals surface area contributed by atoms with Crippen LogP contribution in [0.3, 0.4) is 0 Å². The summed E-state index contributed by atoms with van der Waals surface area (Å²) in [5, 5.41) is 2.95. The van der Waals surface area contributed by atoms with Gasteiger partial charge < -0.3 is 15.0 Å². The van der Waals surface area contributed by atoms with E-state index in [2.05, 4.69) is 12.2 Å². The van der Waals surface area contributed by atoms with Gasteiger partial charge in [0.25, 0.3) is 0 Å². The Kier molecular flexibility index (Phi) is 11.1. The zero-order valence-corrected chi connectivity index (χ0v) is 19.9. The van der Waals surface area contributed by atoms with Crippen LogP contribution < -0.4 is 10.1 Å². The summed E-state index contributed by atoms with van der Waals surface area (Å²) in [6, 6.07) is 13.5. The van der Waals surface area contributed by atoms with E-state index in [9.17, 15) is 14.0 Å². The molecule has 0 unspecified atom stereocenters. The average molecular weight is 461 g/mol. The van der Waals surface area contributed by atoms with E-state index in [0.717, 1.165) is 24.2 Å². The minimum absolute atomic E-state index is 0.137. The SMILES string of the molecule is CCCCNC(=O)[C@H](CC)N(Cc1ccc(OC)cc1)C(=O)CSCc1ccccc1F. The highest BCUT2D eigenvalue weighted by Crippen LogP contribution is 2.20. The number of halogens is 1. The number of hydrogen-bond donors (Lipinski definition) is 1. The number of carbonyl (C=O) groups is 2. The average Bonchev–Trinajstić information content (AvgIpc) is 2.80. The van der Waals surface area contributed by atoms with Crippen molar-refractivity contribution in [3.8, 4) is 5.75 Å². The first-order chi connectivity index (χ1) is 15.5. The highest BCUT2D eigenvalue weighted by atomic mass is 32.2. The van der Waals surface area contributed by atoms with E-state index >= 15 is 0 Å². The first kappa shape index (κ1) is 25.7. The minimum Gasteiger partial charge on any atom is -0.497 e. The molecule has 2 aromatic rings. The van der Waals surface area contributed by atoms with Crippen molar-refractivity contribution in [1.82, 2.24) is 10.2 Å². The molecule has 0 aliphatic carbocycles. The van der Waals surface area contributed by atoms with Crippen LogP contribution in [0.25, 0.3) is 0 Å². The fourth-order valence-electron chi connectivity index (χ4n) is 3.30. The maximum absolute atomic E-state index is 13.9. The van der Waals surface area contributed by atoms with E-state index in [1.807, 2.05) is 31.2 Å². The predicted molar refractivity (Wildman–Crippen MR) is 128 cm³/mol. The minimum atomic E-state index is -0.560. The lowest BCUT2D eigenvalue weighted by Crippen LogP contribution is -2.49. The first-order valence-electron chi connectivity index (χ1n) is 11.0. The van der Waals surface area contributed by atoms with E-state index in [1.165, 1.54) is 17.8 Å². The van der Waals surface area contributed by atoms with Crippen molar-refractivity contribution in [2.24, 2.45) is 0 Å². The normalized spacial score (nSPS) is 11.6. The molecule has 0 aromatic heterocycles. The number of nitrogens with zero attached hydrogens (tertiary/aromatic N) is 1. The van der Waals surface area contributed by atoms with E-state index < -0.39 is 6.04 Å². The van der Waals surface area contributed by atoms with Crippen molar-refractivity contribution < 1.29 is 18.7 Å². The number of amides is 2. The van der Waals surface area contributed by atoms with Gasteiger partial charge in [-0.05, 0) is 42.2 Å². The van der Waals surface area contributed by atoms with Crippen LogP contribution in [-0.2, 0) is 21.9 Å². The summed E-state index contributed by atoms with van der Waals surface area (Å²) < 4.78 is 19.1. The Morgan fingerprint density at radius 3 is 2.47 bits per heavy atom. The Labute approximate surface area is 194 Å². The summed E-state index contributed by atoms with van der Waals surface area (Å²) in [6.45, 7) is 4.89. The molecule has 1 atom stereocenters. The van der Waals surface area contributed by atoms with Crippen LogP contribution in [0.2, 0.25) is 0 Å². The lowest BCUT2D eigenvalue weighted by molar-refractivity contribution is -0.139. The predicted octanol–water partition coefficient (Wildman–Crippen LogP) is 4.79. The molecular weight excluding hydrogens is 427 g/mol. The molecule has 0 saturated carbocycles. The van der Waals surface area contributed by atoms with E-state index in [-0.39, 0.29) is 23.4 Å². The summed E-state index contributed by atoms with van der Waals surface area (Å²) >= 11 is 1.35. The number of ether oxygens (including phenoxy) is 1. The molecule has 0 fully saturated rings. The lowest BCUT2D eigenvalue weighted by atomic mass is 10.1. The lowest BCUT2D eigenvalue weighted by Gasteiger charge is -2.30. The van der Waals surface area contributed by atoms with E-state index in [0.29, 0.717) is 30.8 Å². The Bertz CT molecular complexity index is 861. The van der Waals surface area contributed by atoms with Crippen LogP contribution in [-0.4, -0.2) is 42.2 Å². The van der Waals surface area contributed by atoms with E-state index in [4.69, 9.17) is 4.74 Å². The van der Waals surface area contributed by atoms with Gasteiger partial charge in [-0.2, -0.15) is 0 Å². The van der Waals surface area contributed by atoms with Gasteiger partial charge in [-0.3, -0.25) is 9.59 Å². The molecule has 1 N–H and O–H groups in total. The molecule has 174 valence electrons. The van der Waals surface area contributed by atoms with Crippen LogP contribution in [0.5, 0.6) is 5.75 Å². The molecule has 0 aliphatic heterocycles. The highest BCUT2D eigenvalue weighted by molar-refractivity contribution is 7.99. The smallest absolute Gasteiger partial charge is 0.242 e. The number of methoxy groups -OCH3 is 1. The molecule has 0 aliphatic rings. The molecule has 5 nitrogen and oxygen atoms in total. The number of unbranched alkanes of at least 4 members (excludes halogenated alkanes) is 1. The second kappa shape index (κ2) is 13.8. The van der Waals surface area contributed by atoms with Crippen LogP contribution >= 0.6 is 11.8 Å². The Morgan fingerprint density at radius 1 is 1.12 bits per heavy atom. The fraction of sp³-hybridized carbons (Fsp3) is 0.440. The van der Waals surface area contributed by atoms with Crippen molar-refractivity contribution in [2.75, 3.05) is 19.4 Å². The number of benzene rings is 2. The van der Waals surface area contributed by atoms with Crippen LogP contribution in [0.15, 0.2) is 48.5 Å². The molecule has 2 amide bonds. The van der Waals surface area contributed by atoms with Gasteiger partial charge in [0, 0.05) is 18.8 Å². The third kappa shape index (κ3) is 7.86. The molecule has 0 saturated heterocycles. The maximum Gasteiger partial charge on any atom is 0.242 e. The van der Waals surface area contributed by atoms with Crippen LogP contribution in [0, 0.1) is 5.82 Å². The number of rotatable bonds is 13. The Morgan fingerprint density at radius 2 is 1.84 bits per heavy atom. The number of hydrogen-bond acceptors (Lipinski definition) is 4.